The van der Waals surface area contributed by atoms with Crippen LogP contribution >= 0.6 is 11.6 Å². The van der Waals surface area contributed by atoms with Crippen LogP contribution in [0.1, 0.15) is 48.3 Å². The SMILES string of the molecule is CC1=NC2=C(C(=O)C[C@H](c3ccc(Cl)cc3)C2)[C@@H](c2ccccc2[N+](=O)[O-])C1C(=O)OCCc1ccccc1. The van der Waals surface area contributed by atoms with Crippen LogP contribution in [-0.4, -0.2) is 29.0 Å². The van der Waals surface area contributed by atoms with E-state index in [1.807, 2.05) is 42.5 Å². The topological polar surface area (TPSA) is 98.9 Å². The Hall–Kier alpha value is -4.10. The van der Waals surface area contributed by atoms with E-state index in [0.717, 1.165) is 11.1 Å². The molecule has 0 spiro atoms. The highest BCUT2D eigenvalue weighted by atomic mass is 35.5. The summed E-state index contributed by atoms with van der Waals surface area (Å²) in [5.41, 5.74) is 3.58. The lowest BCUT2D eigenvalue weighted by molar-refractivity contribution is -0.385. The van der Waals surface area contributed by atoms with Crippen molar-refractivity contribution in [1.82, 2.24) is 0 Å². The third-order valence-electron chi connectivity index (χ3n) is 7.43. The van der Waals surface area contributed by atoms with Gasteiger partial charge < -0.3 is 4.74 Å². The molecule has 3 aromatic rings. The Morgan fingerprint density at radius 3 is 2.44 bits per heavy atom. The molecule has 0 N–H and O–H groups in total. The fourth-order valence-electron chi connectivity index (χ4n) is 5.59. The van der Waals surface area contributed by atoms with Gasteiger partial charge in [-0.2, -0.15) is 0 Å². The lowest BCUT2D eigenvalue weighted by atomic mass is 9.69. The number of nitro groups is 1. The number of halogens is 1. The third kappa shape index (κ3) is 5.54. The van der Waals surface area contributed by atoms with E-state index in [-0.39, 0.29) is 30.4 Å². The van der Waals surface area contributed by atoms with Crippen molar-refractivity contribution in [3.05, 3.63) is 122 Å². The summed E-state index contributed by atoms with van der Waals surface area (Å²) >= 11 is 6.06. The van der Waals surface area contributed by atoms with Gasteiger partial charge in [0, 0.05) is 52.4 Å². The molecule has 7 nitrogen and oxygen atoms in total. The highest BCUT2D eigenvalue weighted by Crippen LogP contribution is 2.48. The Kier molecular flexibility index (Phi) is 7.70. The fourth-order valence-corrected chi connectivity index (χ4v) is 5.72. The van der Waals surface area contributed by atoms with E-state index in [4.69, 9.17) is 21.3 Å². The molecule has 3 atom stereocenters. The van der Waals surface area contributed by atoms with Crippen LogP contribution in [0.5, 0.6) is 0 Å². The highest BCUT2D eigenvalue weighted by molar-refractivity contribution is 6.30. The van der Waals surface area contributed by atoms with Crippen LogP contribution in [0.15, 0.2) is 95.1 Å². The molecule has 1 heterocycles. The zero-order valence-corrected chi connectivity index (χ0v) is 22.1. The molecule has 0 amide bonds. The maximum absolute atomic E-state index is 13.7. The molecule has 5 rings (SSSR count). The number of para-hydroxylation sites is 1. The van der Waals surface area contributed by atoms with Crippen LogP contribution in [0.4, 0.5) is 5.69 Å². The summed E-state index contributed by atoms with van der Waals surface area (Å²) in [7, 11) is 0. The first-order chi connectivity index (χ1) is 18.8. The summed E-state index contributed by atoms with van der Waals surface area (Å²) in [6.45, 7) is 1.87. The van der Waals surface area contributed by atoms with Gasteiger partial charge in [-0.05, 0) is 42.5 Å². The van der Waals surface area contributed by atoms with Crippen molar-refractivity contribution >= 4 is 34.8 Å². The van der Waals surface area contributed by atoms with E-state index < -0.39 is 22.7 Å². The van der Waals surface area contributed by atoms with E-state index in [0.29, 0.717) is 40.4 Å². The summed E-state index contributed by atoms with van der Waals surface area (Å²) in [6, 6.07) is 23.3. The molecular formula is C31H27ClN2O5. The molecule has 0 saturated heterocycles. The number of hydrogen-bond acceptors (Lipinski definition) is 6. The molecule has 0 fully saturated rings. The maximum atomic E-state index is 13.7. The summed E-state index contributed by atoms with van der Waals surface area (Å²) in [6.07, 6.45) is 1.22. The van der Waals surface area contributed by atoms with Gasteiger partial charge in [-0.25, -0.2) is 0 Å². The van der Waals surface area contributed by atoms with E-state index in [1.165, 1.54) is 6.07 Å². The molecule has 0 saturated carbocycles. The van der Waals surface area contributed by atoms with Gasteiger partial charge in [0.15, 0.2) is 5.78 Å². The highest BCUT2D eigenvalue weighted by Gasteiger charge is 2.46. The van der Waals surface area contributed by atoms with E-state index >= 15 is 0 Å². The van der Waals surface area contributed by atoms with Gasteiger partial charge in [0.1, 0.15) is 5.92 Å². The Morgan fingerprint density at radius 1 is 1.03 bits per heavy atom. The zero-order valence-electron chi connectivity index (χ0n) is 21.4. The Morgan fingerprint density at radius 2 is 1.72 bits per heavy atom. The van der Waals surface area contributed by atoms with E-state index in [1.54, 1.807) is 37.3 Å². The number of esters is 1. The molecule has 0 bridgehead atoms. The maximum Gasteiger partial charge on any atom is 0.315 e. The molecule has 1 aliphatic heterocycles. The van der Waals surface area contributed by atoms with Gasteiger partial charge in [-0.3, -0.25) is 24.7 Å². The lowest BCUT2D eigenvalue weighted by Crippen LogP contribution is -2.38. The Labute approximate surface area is 231 Å². The van der Waals surface area contributed by atoms with Crippen molar-refractivity contribution in [1.29, 1.82) is 0 Å². The number of carbonyl (C=O) groups excluding carboxylic acids is 2. The number of allylic oxidation sites excluding steroid dienone is 2. The quantitative estimate of drug-likeness (QED) is 0.190. The molecule has 1 unspecified atom stereocenters. The molecule has 1 aliphatic carbocycles. The average Bonchev–Trinajstić information content (AvgIpc) is 2.93. The third-order valence-corrected chi connectivity index (χ3v) is 7.68. The van der Waals surface area contributed by atoms with Crippen molar-refractivity contribution in [2.45, 2.75) is 38.0 Å². The predicted molar refractivity (Wildman–Crippen MR) is 149 cm³/mol. The molecule has 2 aliphatic rings. The van der Waals surface area contributed by atoms with Crippen LogP contribution in [0.3, 0.4) is 0 Å². The van der Waals surface area contributed by atoms with Crippen LogP contribution in [-0.2, 0) is 20.7 Å². The van der Waals surface area contributed by atoms with Crippen molar-refractivity contribution in [3.8, 4) is 0 Å². The van der Waals surface area contributed by atoms with Crippen LogP contribution < -0.4 is 0 Å². The number of ether oxygens (including phenoxy) is 1. The molecule has 39 heavy (non-hydrogen) atoms. The lowest BCUT2D eigenvalue weighted by Gasteiger charge is -2.36. The summed E-state index contributed by atoms with van der Waals surface area (Å²) in [5.74, 6) is -2.63. The zero-order chi connectivity index (χ0) is 27.5. The molecular weight excluding hydrogens is 516 g/mol. The average molecular weight is 543 g/mol. The van der Waals surface area contributed by atoms with Gasteiger partial charge in [0.25, 0.3) is 5.69 Å². The van der Waals surface area contributed by atoms with Gasteiger partial charge in [0.05, 0.1) is 11.5 Å². The minimum Gasteiger partial charge on any atom is -0.465 e. The predicted octanol–water partition coefficient (Wildman–Crippen LogP) is 6.61. The minimum atomic E-state index is -0.948. The van der Waals surface area contributed by atoms with Crippen molar-refractivity contribution in [2.75, 3.05) is 6.61 Å². The standard InChI is InChI=1S/C31H27ClN2O5/c1-19-28(31(36)39-16-15-20-7-3-2-4-8-20)29(24-9-5-6-10-26(24)34(37)38)30-25(33-19)17-22(18-27(30)35)21-11-13-23(32)14-12-21/h2-14,22,28-29H,15-18H2,1H3/t22-,28?,29+/m1/s1. The molecule has 8 heteroatoms. The smallest absolute Gasteiger partial charge is 0.315 e. The largest absolute Gasteiger partial charge is 0.465 e. The Bertz CT molecular complexity index is 1480. The van der Waals surface area contributed by atoms with Crippen LogP contribution in [0.25, 0.3) is 0 Å². The summed E-state index contributed by atoms with van der Waals surface area (Å²) in [5, 5.41) is 12.6. The number of ketones is 1. The van der Waals surface area contributed by atoms with E-state index in [9.17, 15) is 19.7 Å². The van der Waals surface area contributed by atoms with Gasteiger partial charge in [0.2, 0.25) is 0 Å². The van der Waals surface area contributed by atoms with Crippen molar-refractivity contribution < 1.29 is 19.2 Å². The van der Waals surface area contributed by atoms with E-state index in [2.05, 4.69) is 0 Å². The summed E-state index contributed by atoms with van der Waals surface area (Å²) < 4.78 is 5.69. The van der Waals surface area contributed by atoms with Crippen LogP contribution in [0.2, 0.25) is 5.02 Å². The number of Topliss-reactive ketones (excluding diaryl/α,β-unsaturated/α-hetero) is 1. The normalized spacial score (nSPS) is 20.7. The molecule has 0 radical (unpaired) electrons. The number of nitro benzene ring substituents is 1. The number of hydrogen-bond donors (Lipinski definition) is 0. The van der Waals surface area contributed by atoms with Crippen LogP contribution in [0, 0.1) is 16.0 Å². The first-order valence-electron chi connectivity index (χ1n) is 12.8. The van der Waals surface area contributed by atoms with Gasteiger partial charge >= 0.3 is 5.97 Å². The Balaban J connectivity index is 1.51. The van der Waals surface area contributed by atoms with Gasteiger partial charge in [-0.15, -0.1) is 0 Å². The number of benzene rings is 3. The minimum absolute atomic E-state index is 0.106. The fraction of sp³-hybridized carbons (Fsp3) is 0.258. The second-order valence-electron chi connectivity index (χ2n) is 9.87. The van der Waals surface area contributed by atoms with Crippen molar-refractivity contribution in [3.63, 3.8) is 0 Å². The monoisotopic (exact) mass is 542 g/mol. The number of rotatable bonds is 7. The summed E-state index contributed by atoms with van der Waals surface area (Å²) in [4.78, 5) is 43.6. The number of nitrogens with zero attached hydrogens (tertiary/aromatic N) is 2. The molecule has 3 aromatic carbocycles. The molecule has 0 aromatic heterocycles. The first-order valence-corrected chi connectivity index (χ1v) is 13.2. The number of aliphatic imine (C=N–C) groups is 1. The van der Waals surface area contributed by atoms with Crippen molar-refractivity contribution in [2.24, 2.45) is 10.9 Å². The molecule has 198 valence electrons. The second kappa shape index (κ2) is 11.3. The first kappa shape index (κ1) is 26.5. The van der Waals surface area contributed by atoms with Gasteiger partial charge in [-0.1, -0.05) is 72.3 Å². The number of carbonyl (C=O) groups is 2. The second-order valence-corrected chi connectivity index (χ2v) is 10.3.